The number of hydrogen-bond donors (Lipinski definition) is 2. The van der Waals surface area contributed by atoms with Crippen LogP contribution in [0.25, 0.3) is 0 Å². The first kappa shape index (κ1) is 14.4. The molecule has 6 heteroatoms. The van der Waals surface area contributed by atoms with Crippen LogP contribution in [0.5, 0.6) is 0 Å². The summed E-state index contributed by atoms with van der Waals surface area (Å²) >= 11 is 1.55. The van der Waals surface area contributed by atoms with Crippen molar-refractivity contribution >= 4 is 29.3 Å². The van der Waals surface area contributed by atoms with E-state index in [-0.39, 0.29) is 17.9 Å². The Morgan fingerprint density at radius 1 is 1.48 bits per heavy atom. The molecule has 0 saturated carbocycles. The average Bonchev–Trinajstić information content (AvgIpc) is 3.01. The van der Waals surface area contributed by atoms with Crippen molar-refractivity contribution in [2.24, 2.45) is 0 Å². The summed E-state index contributed by atoms with van der Waals surface area (Å²) in [6.45, 7) is 1.26. The van der Waals surface area contributed by atoms with E-state index in [9.17, 15) is 9.59 Å². The molecule has 1 aromatic rings. The number of rotatable bonds is 4. The first-order valence-corrected chi connectivity index (χ1v) is 8.16. The van der Waals surface area contributed by atoms with E-state index in [4.69, 9.17) is 4.74 Å². The first-order valence-electron chi connectivity index (χ1n) is 7.17. The van der Waals surface area contributed by atoms with E-state index in [0.29, 0.717) is 18.9 Å². The molecule has 112 valence electrons. The van der Waals surface area contributed by atoms with Gasteiger partial charge in [0.25, 0.3) is 0 Å². The molecule has 1 saturated heterocycles. The molecule has 0 radical (unpaired) electrons. The van der Waals surface area contributed by atoms with E-state index in [1.807, 2.05) is 18.2 Å². The van der Waals surface area contributed by atoms with Crippen LogP contribution in [0.4, 0.5) is 5.69 Å². The van der Waals surface area contributed by atoms with Crippen molar-refractivity contribution in [1.29, 1.82) is 0 Å². The molecule has 2 N–H and O–H groups in total. The second-order valence-electron chi connectivity index (χ2n) is 5.21. The Hall–Kier alpha value is -1.53. The number of ether oxygens (including phenoxy) is 1. The number of thioether (sulfide) groups is 1. The van der Waals surface area contributed by atoms with Gasteiger partial charge in [0.1, 0.15) is 6.10 Å². The molecule has 21 heavy (non-hydrogen) atoms. The fourth-order valence-corrected chi connectivity index (χ4v) is 3.30. The van der Waals surface area contributed by atoms with E-state index < -0.39 is 0 Å². The molecular weight excluding hydrogens is 288 g/mol. The third kappa shape index (κ3) is 3.57. The molecule has 0 spiro atoms. The predicted molar refractivity (Wildman–Crippen MR) is 81.5 cm³/mol. The zero-order valence-corrected chi connectivity index (χ0v) is 12.5. The maximum Gasteiger partial charge on any atom is 0.249 e. The molecule has 0 aliphatic carbocycles. The topological polar surface area (TPSA) is 67.4 Å². The smallest absolute Gasteiger partial charge is 0.249 e. The van der Waals surface area contributed by atoms with Gasteiger partial charge in [0.2, 0.25) is 11.8 Å². The number of fused-ring (bicyclic) bond motifs is 1. The molecule has 1 aromatic carbocycles. The molecule has 0 aromatic heterocycles. The molecular formula is C15H18N2O3S. The Balaban J connectivity index is 1.52. The summed E-state index contributed by atoms with van der Waals surface area (Å²) in [7, 11) is 0. The maximum absolute atomic E-state index is 11.8. The summed E-state index contributed by atoms with van der Waals surface area (Å²) in [6.07, 6.45) is 2.24. The third-order valence-electron chi connectivity index (χ3n) is 3.61. The third-order valence-corrected chi connectivity index (χ3v) is 4.69. The highest BCUT2D eigenvalue weighted by atomic mass is 32.2. The zero-order valence-electron chi connectivity index (χ0n) is 11.7. The highest BCUT2D eigenvalue weighted by Crippen LogP contribution is 2.31. The lowest BCUT2D eigenvalue weighted by molar-refractivity contribution is -0.130. The lowest BCUT2D eigenvalue weighted by Gasteiger charge is -2.17. The number of hydrogen-bond acceptors (Lipinski definition) is 4. The Morgan fingerprint density at radius 2 is 2.38 bits per heavy atom. The molecule has 2 heterocycles. The number of benzene rings is 1. The molecule has 2 aliphatic heterocycles. The summed E-state index contributed by atoms with van der Waals surface area (Å²) in [5, 5.41) is 5.78. The molecule has 2 aliphatic rings. The van der Waals surface area contributed by atoms with Gasteiger partial charge in [0.05, 0.1) is 11.4 Å². The van der Waals surface area contributed by atoms with Gasteiger partial charge in [-0.05, 0) is 37.0 Å². The van der Waals surface area contributed by atoms with Gasteiger partial charge < -0.3 is 15.4 Å². The normalized spacial score (nSPS) is 20.8. The van der Waals surface area contributed by atoms with Crippen LogP contribution in [0, 0.1) is 0 Å². The number of amides is 2. The summed E-state index contributed by atoms with van der Waals surface area (Å²) in [4.78, 5) is 24.3. The van der Waals surface area contributed by atoms with E-state index >= 15 is 0 Å². The second kappa shape index (κ2) is 6.49. The first-order chi connectivity index (χ1) is 10.2. The number of carbonyl (C=O) groups excluding carboxylic acids is 2. The van der Waals surface area contributed by atoms with E-state index in [1.165, 1.54) is 0 Å². The Labute approximate surface area is 127 Å². The summed E-state index contributed by atoms with van der Waals surface area (Å²) in [5.41, 5.74) is 1.98. The fraction of sp³-hybridized carbons (Fsp3) is 0.467. The minimum atomic E-state index is -0.274. The maximum atomic E-state index is 11.8. The lowest BCUT2D eigenvalue weighted by Crippen LogP contribution is -2.35. The van der Waals surface area contributed by atoms with Crippen LogP contribution in [0.15, 0.2) is 23.1 Å². The highest BCUT2D eigenvalue weighted by molar-refractivity contribution is 8.00. The van der Waals surface area contributed by atoms with Crippen LogP contribution >= 0.6 is 11.8 Å². The minimum absolute atomic E-state index is 0.0191. The van der Waals surface area contributed by atoms with Crippen molar-refractivity contribution < 1.29 is 14.3 Å². The fourth-order valence-electron chi connectivity index (χ4n) is 2.51. The largest absolute Gasteiger partial charge is 0.368 e. The SMILES string of the molecule is O=C1CSc2ccc(CCNC(=O)C3CCCO3)cc2N1. The quantitative estimate of drug-likeness (QED) is 0.886. The van der Waals surface area contributed by atoms with E-state index in [2.05, 4.69) is 10.6 Å². The Kier molecular flexibility index (Phi) is 4.45. The van der Waals surface area contributed by atoms with Crippen molar-refractivity contribution in [3.05, 3.63) is 23.8 Å². The van der Waals surface area contributed by atoms with Crippen molar-refractivity contribution in [2.75, 3.05) is 24.2 Å². The van der Waals surface area contributed by atoms with Gasteiger partial charge in [-0.25, -0.2) is 0 Å². The molecule has 1 fully saturated rings. The van der Waals surface area contributed by atoms with Crippen LogP contribution in [0.3, 0.4) is 0 Å². The molecule has 2 amide bonds. The van der Waals surface area contributed by atoms with Crippen molar-refractivity contribution in [3.63, 3.8) is 0 Å². The predicted octanol–water partition coefficient (Wildman–Crippen LogP) is 1.57. The molecule has 0 bridgehead atoms. The van der Waals surface area contributed by atoms with E-state index in [1.54, 1.807) is 11.8 Å². The Morgan fingerprint density at radius 3 is 3.19 bits per heavy atom. The van der Waals surface area contributed by atoms with Crippen LogP contribution in [0.1, 0.15) is 18.4 Å². The van der Waals surface area contributed by atoms with Gasteiger partial charge in [0, 0.05) is 18.0 Å². The number of nitrogens with one attached hydrogen (secondary N) is 2. The highest BCUT2D eigenvalue weighted by Gasteiger charge is 2.23. The van der Waals surface area contributed by atoms with Crippen molar-refractivity contribution in [1.82, 2.24) is 5.32 Å². The van der Waals surface area contributed by atoms with E-state index in [0.717, 1.165) is 35.4 Å². The number of carbonyl (C=O) groups is 2. The van der Waals surface area contributed by atoms with Crippen LogP contribution in [-0.4, -0.2) is 36.8 Å². The number of anilines is 1. The van der Waals surface area contributed by atoms with Crippen molar-refractivity contribution in [2.45, 2.75) is 30.3 Å². The Bertz CT molecular complexity index is 556. The van der Waals surface area contributed by atoms with Gasteiger partial charge in [0.15, 0.2) is 0 Å². The van der Waals surface area contributed by atoms with Crippen LogP contribution in [0.2, 0.25) is 0 Å². The molecule has 3 rings (SSSR count). The minimum Gasteiger partial charge on any atom is -0.368 e. The standard InChI is InChI=1S/C15H18N2O3S/c18-14-9-21-13-4-3-10(8-11(13)17-14)5-6-16-15(19)12-2-1-7-20-12/h3-4,8,12H,1-2,5-7,9H2,(H,16,19)(H,17,18). The molecule has 1 atom stereocenters. The van der Waals surface area contributed by atoms with Gasteiger partial charge >= 0.3 is 0 Å². The van der Waals surface area contributed by atoms with Crippen LogP contribution in [-0.2, 0) is 20.7 Å². The van der Waals surface area contributed by atoms with Gasteiger partial charge in [-0.2, -0.15) is 0 Å². The summed E-state index contributed by atoms with van der Waals surface area (Å²) in [5.74, 6) is 0.495. The second-order valence-corrected chi connectivity index (χ2v) is 6.23. The summed E-state index contributed by atoms with van der Waals surface area (Å²) < 4.78 is 5.34. The van der Waals surface area contributed by atoms with Gasteiger partial charge in [-0.15, -0.1) is 11.8 Å². The van der Waals surface area contributed by atoms with Crippen LogP contribution < -0.4 is 10.6 Å². The lowest BCUT2D eigenvalue weighted by atomic mass is 10.1. The van der Waals surface area contributed by atoms with Gasteiger partial charge in [-0.3, -0.25) is 9.59 Å². The monoisotopic (exact) mass is 306 g/mol. The molecule has 1 unspecified atom stereocenters. The van der Waals surface area contributed by atoms with Gasteiger partial charge in [-0.1, -0.05) is 6.07 Å². The van der Waals surface area contributed by atoms with Crippen molar-refractivity contribution in [3.8, 4) is 0 Å². The zero-order chi connectivity index (χ0) is 14.7. The average molecular weight is 306 g/mol. The summed E-state index contributed by atoms with van der Waals surface area (Å²) in [6, 6.07) is 6.05. The molecule has 5 nitrogen and oxygen atoms in total.